The van der Waals surface area contributed by atoms with E-state index in [0.717, 1.165) is 11.3 Å². The third-order valence-electron chi connectivity index (χ3n) is 1.94. The van der Waals surface area contributed by atoms with E-state index in [1.165, 1.54) is 12.7 Å². The van der Waals surface area contributed by atoms with Gasteiger partial charge in [0.05, 0.1) is 7.11 Å². The quantitative estimate of drug-likeness (QED) is 0.719. The number of hydrogen-bond acceptors (Lipinski definition) is 2. The van der Waals surface area contributed by atoms with E-state index in [0.29, 0.717) is 0 Å². The molecular weight excluding hydrogens is 166 g/mol. The van der Waals surface area contributed by atoms with E-state index in [-0.39, 0.29) is 0 Å². The minimum atomic E-state index is -0.441. The Hall–Kier alpha value is -1.51. The Balaban J connectivity index is 2.79. The van der Waals surface area contributed by atoms with Crippen molar-refractivity contribution >= 4 is 11.8 Å². The number of benzene rings is 1. The van der Waals surface area contributed by atoms with Crippen LogP contribution in [0.3, 0.4) is 0 Å². The average molecular weight is 179 g/mol. The van der Waals surface area contributed by atoms with Crippen LogP contribution in [0.2, 0.25) is 0 Å². The van der Waals surface area contributed by atoms with E-state index in [1.807, 2.05) is 32.0 Å². The van der Waals surface area contributed by atoms with Crippen LogP contribution >= 0.6 is 0 Å². The second kappa shape index (κ2) is 3.94. The zero-order valence-corrected chi connectivity index (χ0v) is 8.05. The lowest BCUT2D eigenvalue weighted by atomic mass is 10.1. The number of aryl methyl sites for hydroxylation is 2. The lowest BCUT2D eigenvalue weighted by molar-refractivity contribution is 0.187. The third kappa shape index (κ3) is 2.47. The maximum Gasteiger partial charge on any atom is 0.411 e. The van der Waals surface area contributed by atoms with Crippen LogP contribution in [0.1, 0.15) is 11.1 Å². The molecule has 0 heterocycles. The van der Waals surface area contributed by atoms with Gasteiger partial charge in [0.15, 0.2) is 0 Å². The number of carbonyl (C=O) groups excluding carboxylic acids is 1. The van der Waals surface area contributed by atoms with Gasteiger partial charge in [-0.2, -0.15) is 0 Å². The maximum absolute atomic E-state index is 10.8. The Morgan fingerprint density at radius 1 is 1.31 bits per heavy atom. The first-order chi connectivity index (χ1) is 6.13. The fourth-order valence-electron chi connectivity index (χ4n) is 0.988. The molecule has 70 valence electrons. The van der Waals surface area contributed by atoms with Crippen molar-refractivity contribution in [1.82, 2.24) is 0 Å². The van der Waals surface area contributed by atoms with Crippen LogP contribution in [0.5, 0.6) is 0 Å². The van der Waals surface area contributed by atoms with E-state index < -0.39 is 6.09 Å². The molecule has 1 N–H and O–H groups in total. The molecule has 1 amide bonds. The number of nitrogens with one attached hydrogen (secondary N) is 1. The number of anilines is 1. The molecule has 0 fully saturated rings. The molecule has 0 aromatic heterocycles. The predicted octanol–water partition coefficient (Wildman–Crippen LogP) is 2.48. The van der Waals surface area contributed by atoms with Gasteiger partial charge in [0.25, 0.3) is 0 Å². The standard InChI is InChI=1S/C10H13NO2/c1-7-4-5-9(6-8(7)2)11-10(12)13-3/h4-6H,1-3H3,(H,11,12). The van der Waals surface area contributed by atoms with Crippen LogP contribution in [0.15, 0.2) is 18.2 Å². The van der Waals surface area contributed by atoms with Crippen molar-refractivity contribution in [2.24, 2.45) is 0 Å². The summed E-state index contributed by atoms with van der Waals surface area (Å²) in [7, 11) is 1.34. The minimum absolute atomic E-state index is 0.441. The van der Waals surface area contributed by atoms with Crippen LogP contribution in [0.25, 0.3) is 0 Å². The average Bonchev–Trinajstić information content (AvgIpc) is 2.11. The molecule has 0 aliphatic heterocycles. The van der Waals surface area contributed by atoms with E-state index in [9.17, 15) is 4.79 Å². The molecule has 1 aromatic rings. The second-order valence-electron chi connectivity index (χ2n) is 2.92. The summed E-state index contributed by atoms with van der Waals surface area (Å²) in [5.74, 6) is 0. The van der Waals surface area contributed by atoms with Crippen molar-refractivity contribution in [3.63, 3.8) is 0 Å². The number of methoxy groups -OCH3 is 1. The topological polar surface area (TPSA) is 38.3 Å². The number of rotatable bonds is 1. The molecule has 0 aliphatic rings. The maximum atomic E-state index is 10.8. The Morgan fingerprint density at radius 2 is 2.00 bits per heavy atom. The monoisotopic (exact) mass is 179 g/mol. The fraction of sp³-hybridized carbons (Fsp3) is 0.300. The van der Waals surface area contributed by atoms with E-state index in [1.54, 1.807) is 0 Å². The second-order valence-corrected chi connectivity index (χ2v) is 2.92. The van der Waals surface area contributed by atoms with Crippen molar-refractivity contribution in [1.29, 1.82) is 0 Å². The summed E-state index contributed by atoms with van der Waals surface area (Å²) >= 11 is 0. The summed E-state index contributed by atoms with van der Waals surface area (Å²) in [4.78, 5) is 10.8. The highest BCUT2D eigenvalue weighted by molar-refractivity contribution is 5.84. The molecule has 0 aliphatic carbocycles. The summed E-state index contributed by atoms with van der Waals surface area (Å²) in [5.41, 5.74) is 3.11. The van der Waals surface area contributed by atoms with Gasteiger partial charge in [-0.05, 0) is 37.1 Å². The van der Waals surface area contributed by atoms with Crippen LogP contribution < -0.4 is 5.32 Å². The molecule has 3 heteroatoms. The lowest BCUT2D eigenvalue weighted by Crippen LogP contribution is -2.10. The van der Waals surface area contributed by atoms with Gasteiger partial charge in [0.1, 0.15) is 0 Å². The van der Waals surface area contributed by atoms with Gasteiger partial charge in [-0.15, -0.1) is 0 Å². The zero-order valence-electron chi connectivity index (χ0n) is 8.05. The van der Waals surface area contributed by atoms with Crippen LogP contribution in [0, 0.1) is 13.8 Å². The molecule has 0 saturated heterocycles. The van der Waals surface area contributed by atoms with Gasteiger partial charge in [-0.3, -0.25) is 5.32 Å². The lowest BCUT2D eigenvalue weighted by Gasteiger charge is -2.05. The largest absolute Gasteiger partial charge is 0.453 e. The van der Waals surface area contributed by atoms with Crippen molar-refractivity contribution < 1.29 is 9.53 Å². The molecule has 0 bridgehead atoms. The van der Waals surface area contributed by atoms with Gasteiger partial charge in [0, 0.05) is 5.69 Å². The molecule has 1 aromatic carbocycles. The SMILES string of the molecule is COC(=O)Nc1ccc(C)c(C)c1. The van der Waals surface area contributed by atoms with Crippen molar-refractivity contribution in [3.8, 4) is 0 Å². The van der Waals surface area contributed by atoms with Gasteiger partial charge >= 0.3 is 6.09 Å². The molecule has 0 spiro atoms. The van der Waals surface area contributed by atoms with Crippen LogP contribution in [-0.2, 0) is 4.74 Å². The fourth-order valence-corrected chi connectivity index (χ4v) is 0.988. The normalized spacial score (nSPS) is 9.46. The summed E-state index contributed by atoms with van der Waals surface area (Å²) in [6, 6.07) is 5.71. The van der Waals surface area contributed by atoms with E-state index >= 15 is 0 Å². The Labute approximate surface area is 77.7 Å². The van der Waals surface area contributed by atoms with Crippen molar-refractivity contribution in [2.75, 3.05) is 12.4 Å². The van der Waals surface area contributed by atoms with Crippen LogP contribution in [-0.4, -0.2) is 13.2 Å². The highest BCUT2D eigenvalue weighted by Crippen LogP contribution is 2.13. The highest BCUT2D eigenvalue weighted by Gasteiger charge is 2.00. The summed E-state index contributed by atoms with van der Waals surface area (Å²) in [5, 5.41) is 2.60. The number of carbonyl (C=O) groups is 1. The molecule has 0 saturated carbocycles. The Bertz CT molecular complexity index is 321. The summed E-state index contributed by atoms with van der Waals surface area (Å²) in [6.45, 7) is 4.02. The first kappa shape index (κ1) is 9.58. The molecule has 3 nitrogen and oxygen atoms in total. The number of ether oxygens (including phenoxy) is 1. The third-order valence-corrected chi connectivity index (χ3v) is 1.94. The summed E-state index contributed by atoms with van der Waals surface area (Å²) in [6.07, 6.45) is -0.441. The van der Waals surface area contributed by atoms with Gasteiger partial charge in [-0.25, -0.2) is 4.79 Å². The predicted molar refractivity (Wildman–Crippen MR) is 51.9 cm³/mol. The molecule has 0 unspecified atom stereocenters. The Morgan fingerprint density at radius 3 is 2.54 bits per heavy atom. The zero-order chi connectivity index (χ0) is 9.84. The number of hydrogen-bond donors (Lipinski definition) is 1. The van der Waals surface area contributed by atoms with Crippen molar-refractivity contribution in [2.45, 2.75) is 13.8 Å². The number of amides is 1. The molecule has 13 heavy (non-hydrogen) atoms. The molecule has 0 atom stereocenters. The molecular formula is C10H13NO2. The van der Waals surface area contributed by atoms with Gasteiger partial charge in [-0.1, -0.05) is 6.07 Å². The Kier molecular flexibility index (Phi) is 2.90. The van der Waals surface area contributed by atoms with E-state index in [2.05, 4.69) is 10.1 Å². The molecule has 1 rings (SSSR count). The van der Waals surface area contributed by atoms with Gasteiger partial charge < -0.3 is 4.74 Å². The highest BCUT2D eigenvalue weighted by atomic mass is 16.5. The smallest absolute Gasteiger partial charge is 0.411 e. The summed E-state index contributed by atoms with van der Waals surface area (Å²) < 4.78 is 4.47. The van der Waals surface area contributed by atoms with Crippen LogP contribution in [0.4, 0.5) is 10.5 Å². The first-order valence-corrected chi connectivity index (χ1v) is 4.05. The van der Waals surface area contributed by atoms with Gasteiger partial charge in [0.2, 0.25) is 0 Å². The van der Waals surface area contributed by atoms with E-state index in [4.69, 9.17) is 0 Å². The minimum Gasteiger partial charge on any atom is -0.453 e. The van der Waals surface area contributed by atoms with Crippen molar-refractivity contribution in [3.05, 3.63) is 29.3 Å². The molecule has 0 radical (unpaired) electrons. The first-order valence-electron chi connectivity index (χ1n) is 4.05.